The van der Waals surface area contributed by atoms with Crippen molar-refractivity contribution in [2.24, 2.45) is 5.41 Å². The molecule has 0 radical (unpaired) electrons. The minimum absolute atomic E-state index is 0.0320. The molecule has 2 aromatic heterocycles. The van der Waals surface area contributed by atoms with Gasteiger partial charge in [0, 0.05) is 79.9 Å². The molecule has 0 bridgehead atoms. The molecule has 0 aliphatic carbocycles. The van der Waals surface area contributed by atoms with E-state index in [4.69, 9.17) is 47.6 Å². The number of aliphatic hydroxyl groups is 1. The van der Waals surface area contributed by atoms with Crippen molar-refractivity contribution in [1.82, 2.24) is 35.1 Å². The normalized spacial score (nSPS) is 18.5. The number of halogens is 2. The predicted molar refractivity (Wildman–Crippen MR) is 178 cm³/mol. The number of nitrogens with zero attached hydrogens (tertiary/aromatic N) is 6. The minimum Gasteiger partial charge on any atom is -0.480 e. The zero-order chi connectivity index (χ0) is 32.9. The molecule has 1 spiro atoms. The molecule has 3 aliphatic rings. The average molecular weight is 677 g/mol. The van der Waals surface area contributed by atoms with Gasteiger partial charge < -0.3 is 19.9 Å². The highest BCUT2D eigenvalue weighted by atomic mass is 35.5. The van der Waals surface area contributed by atoms with E-state index in [0.29, 0.717) is 82.6 Å². The standard InChI is InChI=1S/C34H35Cl2N7O4/c1-33(45)16-42(17-33)13-26-31(46-2)40-24(11-37-26)22-8-4-6-20(29(22)35)21-7-5-9-23(30(21)36)25-12-38-27(32(41-25)47-3)14-43-18-34(19-43)10-28(44)39-15-34/h4-9,11-12,45H,10,13-19H2,1-3H3,(H,39,44). The molecule has 2 N–H and O–H groups in total. The second kappa shape index (κ2) is 12.3. The van der Waals surface area contributed by atoms with Crippen LogP contribution in [0.5, 0.6) is 11.8 Å². The number of carbonyl (C=O) groups is 1. The first kappa shape index (κ1) is 31.7. The molecule has 0 atom stereocenters. The summed E-state index contributed by atoms with van der Waals surface area (Å²) in [6, 6.07) is 11.4. The maximum atomic E-state index is 11.7. The molecule has 4 aromatic rings. The Balaban J connectivity index is 1.13. The molecular weight excluding hydrogens is 641 g/mol. The maximum Gasteiger partial charge on any atom is 0.237 e. The number of rotatable bonds is 9. The first-order chi connectivity index (χ1) is 22.6. The number of amides is 1. The molecule has 13 heteroatoms. The number of ether oxygens (including phenoxy) is 2. The van der Waals surface area contributed by atoms with Crippen LogP contribution in [0, 0.1) is 5.41 Å². The lowest BCUT2D eigenvalue weighted by molar-refractivity contribution is -0.120. The summed E-state index contributed by atoms with van der Waals surface area (Å²) in [5.41, 5.74) is 4.75. The van der Waals surface area contributed by atoms with Crippen LogP contribution in [-0.2, 0) is 17.9 Å². The van der Waals surface area contributed by atoms with Crippen LogP contribution in [0.3, 0.4) is 0 Å². The minimum atomic E-state index is -0.676. The van der Waals surface area contributed by atoms with Crippen LogP contribution in [-0.4, -0.2) is 93.3 Å². The SMILES string of the molecule is COc1nc(-c2cccc(-c3cccc(-c4cnc(CN5CC6(CNC(=O)C6)C5)c(OC)n4)c3Cl)c2Cl)cnc1CN1CC(C)(O)C1. The highest BCUT2D eigenvalue weighted by Gasteiger charge is 2.48. The molecule has 3 fully saturated rings. The molecule has 0 unspecified atom stereocenters. The molecule has 2 aromatic carbocycles. The quantitative estimate of drug-likeness (QED) is 0.262. The van der Waals surface area contributed by atoms with Gasteiger partial charge in [-0.2, -0.15) is 0 Å². The molecule has 0 saturated carbocycles. The molecule has 11 nitrogen and oxygen atoms in total. The zero-order valence-corrected chi connectivity index (χ0v) is 27.9. The number of hydrogen-bond acceptors (Lipinski definition) is 10. The second-order valence-corrected chi connectivity index (χ2v) is 13.8. The van der Waals surface area contributed by atoms with Gasteiger partial charge in [0.2, 0.25) is 17.7 Å². The van der Waals surface area contributed by atoms with Crippen molar-refractivity contribution >= 4 is 29.1 Å². The number of methoxy groups -OCH3 is 2. The Morgan fingerprint density at radius 2 is 1.28 bits per heavy atom. The van der Waals surface area contributed by atoms with E-state index in [1.807, 2.05) is 43.3 Å². The van der Waals surface area contributed by atoms with Crippen molar-refractivity contribution in [2.45, 2.75) is 32.0 Å². The van der Waals surface area contributed by atoms with Crippen LogP contribution >= 0.6 is 23.2 Å². The van der Waals surface area contributed by atoms with E-state index in [9.17, 15) is 9.90 Å². The van der Waals surface area contributed by atoms with Crippen LogP contribution in [0.2, 0.25) is 10.0 Å². The molecule has 3 saturated heterocycles. The van der Waals surface area contributed by atoms with Gasteiger partial charge in [-0.25, -0.2) is 9.97 Å². The third-order valence-corrected chi connectivity index (χ3v) is 9.85. The number of likely N-dealkylation sites (tertiary alicyclic amines) is 2. The number of aromatic nitrogens is 4. The van der Waals surface area contributed by atoms with Gasteiger partial charge in [0.1, 0.15) is 11.4 Å². The van der Waals surface area contributed by atoms with Gasteiger partial charge >= 0.3 is 0 Å². The summed E-state index contributed by atoms with van der Waals surface area (Å²) in [7, 11) is 3.15. The fraction of sp³-hybridized carbons (Fsp3) is 0.382. The number of β-amino-alcohol motifs (C(OH)–C–C–N with tert-alkyl or cyclic N) is 1. The molecule has 47 heavy (non-hydrogen) atoms. The largest absolute Gasteiger partial charge is 0.480 e. The van der Waals surface area contributed by atoms with Crippen molar-refractivity contribution in [2.75, 3.05) is 46.9 Å². The Hall–Kier alpha value is -3.87. The number of hydrogen-bond donors (Lipinski definition) is 2. The Labute approximate surface area is 282 Å². The summed E-state index contributed by atoms with van der Waals surface area (Å²) in [4.78, 5) is 34.9. The van der Waals surface area contributed by atoms with E-state index in [1.165, 1.54) is 0 Å². The molecular formula is C34H35Cl2N7O4. The predicted octanol–water partition coefficient (Wildman–Crippen LogP) is 4.48. The molecule has 7 rings (SSSR count). The van der Waals surface area contributed by atoms with Crippen molar-refractivity contribution in [3.63, 3.8) is 0 Å². The third-order valence-electron chi connectivity index (χ3n) is 9.04. The lowest BCUT2D eigenvalue weighted by Gasteiger charge is -2.46. The van der Waals surface area contributed by atoms with Crippen molar-refractivity contribution in [3.05, 3.63) is 70.2 Å². The number of carbonyl (C=O) groups excluding carboxylic acids is 1. The number of benzene rings is 2. The van der Waals surface area contributed by atoms with Crippen molar-refractivity contribution in [1.29, 1.82) is 0 Å². The second-order valence-electron chi connectivity index (χ2n) is 13.0. The molecule has 1 amide bonds. The first-order valence-electron chi connectivity index (χ1n) is 15.4. The van der Waals surface area contributed by atoms with E-state index in [0.717, 1.165) is 36.5 Å². The van der Waals surface area contributed by atoms with Crippen molar-refractivity contribution < 1.29 is 19.4 Å². The smallest absolute Gasteiger partial charge is 0.237 e. The van der Waals surface area contributed by atoms with Crippen LogP contribution < -0.4 is 14.8 Å². The van der Waals surface area contributed by atoms with E-state index in [2.05, 4.69) is 20.1 Å². The van der Waals surface area contributed by atoms with Crippen LogP contribution in [0.15, 0.2) is 48.8 Å². The topological polar surface area (TPSA) is 126 Å². The molecule has 3 aliphatic heterocycles. The molecule has 244 valence electrons. The lowest BCUT2D eigenvalue weighted by Crippen LogP contribution is -2.59. The Bertz CT molecular complexity index is 1860. The van der Waals surface area contributed by atoms with Gasteiger partial charge in [0.25, 0.3) is 0 Å². The van der Waals surface area contributed by atoms with Gasteiger partial charge in [-0.1, -0.05) is 59.6 Å². The summed E-state index contributed by atoms with van der Waals surface area (Å²) < 4.78 is 11.2. The summed E-state index contributed by atoms with van der Waals surface area (Å²) in [5.74, 6) is 0.961. The van der Waals surface area contributed by atoms with Gasteiger partial charge in [0.15, 0.2) is 0 Å². The van der Waals surface area contributed by atoms with Gasteiger partial charge in [-0.05, 0) is 6.92 Å². The summed E-state index contributed by atoms with van der Waals surface area (Å²) in [5, 5.41) is 14.0. The van der Waals surface area contributed by atoms with E-state index in [-0.39, 0.29) is 11.3 Å². The summed E-state index contributed by atoms with van der Waals surface area (Å²) in [6.45, 7) is 6.44. The summed E-state index contributed by atoms with van der Waals surface area (Å²) >= 11 is 14.1. The highest BCUT2D eigenvalue weighted by Crippen LogP contribution is 2.43. The zero-order valence-electron chi connectivity index (χ0n) is 26.4. The van der Waals surface area contributed by atoms with Crippen molar-refractivity contribution in [3.8, 4) is 45.4 Å². The average Bonchev–Trinajstić information content (AvgIpc) is 3.42. The van der Waals surface area contributed by atoms with Crippen LogP contribution in [0.4, 0.5) is 0 Å². The van der Waals surface area contributed by atoms with Gasteiger partial charge in [0.05, 0.1) is 53.6 Å². The van der Waals surface area contributed by atoms with Gasteiger partial charge in [-0.15, -0.1) is 0 Å². The Morgan fingerprint density at radius 1 is 0.809 bits per heavy atom. The monoisotopic (exact) mass is 675 g/mol. The third kappa shape index (κ3) is 6.14. The van der Waals surface area contributed by atoms with E-state index in [1.54, 1.807) is 26.6 Å². The van der Waals surface area contributed by atoms with Crippen LogP contribution in [0.1, 0.15) is 24.7 Å². The Morgan fingerprint density at radius 3 is 1.70 bits per heavy atom. The van der Waals surface area contributed by atoms with Gasteiger partial charge in [-0.3, -0.25) is 24.6 Å². The maximum absolute atomic E-state index is 11.7. The lowest BCUT2D eigenvalue weighted by atomic mass is 9.79. The highest BCUT2D eigenvalue weighted by molar-refractivity contribution is 6.39. The summed E-state index contributed by atoms with van der Waals surface area (Å²) in [6.07, 6.45) is 3.97. The first-order valence-corrected chi connectivity index (χ1v) is 16.1. The molecule has 5 heterocycles. The Kier molecular flexibility index (Phi) is 8.30. The fourth-order valence-electron chi connectivity index (χ4n) is 6.92. The van der Waals surface area contributed by atoms with E-state index < -0.39 is 5.60 Å². The van der Waals surface area contributed by atoms with Crippen LogP contribution in [0.25, 0.3) is 33.6 Å². The fourth-order valence-corrected chi connectivity index (χ4v) is 7.56. The van der Waals surface area contributed by atoms with E-state index >= 15 is 0 Å². The number of nitrogens with one attached hydrogen (secondary N) is 1.